The molecule has 2 aromatic carbocycles. The fraction of sp³-hybridized carbons (Fsp3) is 0.562. The van der Waals surface area contributed by atoms with Gasteiger partial charge in [0.2, 0.25) is 5.91 Å². The minimum absolute atomic E-state index is 0.0419. The van der Waals surface area contributed by atoms with Crippen LogP contribution < -0.4 is 0 Å². The Hall–Kier alpha value is -3.16. The number of halogens is 7. The van der Waals surface area contributed by atoms with Crippen LogP contribution in [-0.4, -0.2) is 55.2 Å². The maximum absolute atomic E-state index is 15.1. The summed E-state index contributed by atoms with van der Waals surface area (Å²) in [5.74, 6) is -1.22. The molecule has 0 aromatic heterocycles. The highest BCUT2D eigenvalue weighted by atomic mass is 32.2. The maximum Gasteiger partial charge on any atom is 0.435 e. The highest BCUT2D eigenvalue weighted by molar-refractivity contribution is 7.92. The number of carbonyl (C=O) groups excluding carboxylic acids is 1. The van der Waals surface area contributed by atoms with E-state index in [1.165, 1.54) is 17.0 Å². The molecule has 3 saturated carbocycles. The number of benzene rings is 2. The second-order valence-corrected chi connectivity index (χ2v) is 15.6. The molecule has 2 atom stereocenters. The van der Waals surface area contributed by atoms with Crippen LogP contribution in [0.1, 0.15) is 73.6 Å². The van der Waals surface area contributed by atoms with Crippen LogP contribution in [0.3, 0.4) is 0 Å². The molecule has 250 valence electrons. The summed E-state index contributed by atoms with van der Waals surface area (Å²) >= 11 is 0. The Bertz CT molecular complexity index is 1660. The van der Waals surface area contributed by atoms with Gasteiger partial charge in [0.1, 0.15) is 4.75 Å². The number of amides is 1. The van der Waals surface area contributed by atoms with Crippen molar-refractivity contribution in [2.24, 2.45) is 10.8 Å². The number of hydrogen-bond donors (Lipinski definition) is 1. The lowest BCUT2D eigenvalue weighted by molar-refractivity contribution is -0.348. The zero-order valence-electron chi connectivity index (χ0n) is 24.8. The molecule has 1 amide bonds. The third-order valence-electron chi connectivity index (χ3n) is 11.3. The van der Waals surface area contributed by atoms with Crippen molar-refractivity contribution in [2.75, 3.05) is 6.54 Å². The number of alkyl halides is 7. The van der Waals surface area contributed by atoms with E-state index in [1.807, 2.05) is 0 Å². The number of fused-ring (bicyclic) bond motifs is 6. The summed E-state index contributed by atoms with van der Waals surface area (Å²) in [6.07, 6.45) is -11.3. The molecule has 0 radical (unpaired) electrons. The first kappa shape index (κ1) is 32.8. The second-order valence-electron chi connectivity index (χ2n) is 13.4. The minimum Gasteiger partial charge on any atom is -0.481 e. The first-order valence-electron chi connectivity index (χ1n) is 15.1. The van der Waals surface area contributed by atoms with Gasteiger partial charge in [0.05, 0.1) is 16.4 Å². The molecule has 1 heterocycles. The van der Waals surface area contributed by atoms with Gasteiger partial charge in [-0.1, -0.05) is 35.9 Å². The topological polar surface area (TPSA) is 91.8 Å². The Balaban J connectivity index is 1.47. The van der Waals surface area contributed by atoms with Gasteiger partial charge in [-0.05, 0) is 88.0 Å². The zero-order chi connectivity index (χ0) is 33.7. The van der Waals surface area contributed by atoms with E-state index in [9.17, 15) is 49.5 Å². The number of sulfone groups is 1. The summed E-state index contributed by atoms with van der Waals surface area (Å²) in [5, 5.41) is 9.79. The Morgan fingerprint density at radius 2 is 1.37 bits per heavy atom. The number of carboxylic acids is 1. The van der Waals surface area contributed by atoms with Crippen LogP contribution in [0.15, 0.2) is 47.4 Å². The van der Waals surface area contributed by atoms with Crippen molar-refractivity contribution in [3.8, 4) is 0 Å². The largest absolute Gasteiger partial charge is 0.481 e. The summed E-state index contributed by atoms with van der Waals surface area (Å²) < 4.78 is 124. The summed E-state index contributed by atoms with van der Waals surface area (Å²) in [7, 11) is -4.44. The van der Waals surface area contributed by atoms with E-state index in [4.69, 9.17) is 0 Å². The van der Waals surface area contributed by atoms with Crippen LogP contribution >= 0.6 is 0 Å². The lowest BCUT2D eigenvalue weighted by atomic mass is 9.53. The van der Waals surface area contributed by atoms with E-state index in [0.29, 0.717) is 50.7 Å². The molecule has 0 spiro atoms. The molecule has 6 nitrogen and oxygen atoms in total. The number of hydrogen-bond acceptors (Lipinski definition) is 4. The fourth-order valence-electron chi connectivity index (χ4n) is 8.53. The van der Waals surface area contributed by atoms with Crippen molar-refractivity contribution in [2.45, 2.75) is 98.4 Å². The van der Waals surface area contributed by atoms with E-state index < -0.39 is 61.0 Å². The third kappa shape index (κ3) is 4.30. The van der Waals surface area contributed by atoms with Crippen LogP contribution in [0, 0.1) is 17.8 Å². The van der Waals surface area contributed by atoms with Gasteiger partial charge in [0.15, 0.2) is 9.84 Å². The number of likely N-dealkylation sites (tertiary alicyclic amines) is 1. The average Bonchev–Trinajstić information content (AvgIpc) is 3.41. The van der Waals surface area contributed by atoms with Crippen LogP contribution in [0.25, 0.3) is 0 Å². The molecular formula is C32H32F7NO5S. The molecule has 14 heteroatoms. The molecule has 1 aliphatic heterocycles. The second kappa shape index (κ2) is 10.2. The van der Waals surface area contributed by atoms with E-state index >= 15 is 4.39 Å². The minimum atomic E-state index is -6.34. The van der Waals surface area contributed by atoms with Crippen molar-refractivity contribution in [3.05, 3.63) is 64.7 Å². The van der Waals surface area contributed by atoms with Crippen LogP contribution in [0.2, 0.25) is 0 Å². The van der Waals surface area contributed by atoms with Crippen molar-refractivity contribution < 1.29 is 53.8 Å². The number of aliphatic carboxylic acids is 1. The Labute approximate surface area is 260 Å². The standard InChI is InChI=1S/C32H32F7NO5S/c1-19-2-6-22(7-3-19)46(44,45)29-16-17-40(25(41)27-10-13-28(14-11-27,15-12-27)26(42)43)24(29)9-4-20-18-21(5-8-23(20)29)30(33,31(34,35)36)32(37,38)39/h2-3,5-8,18,24H,4,9-17H2,1H3,(H,42,43). The van der Waals surface area contributed by atoms with Gasteiger partial charge >= 0.3 is 24.0 Å². The van der Waals surface area contributed by atoms with Gasteiger partial charge < -0.3 is 10.0 Å². The molecular weight excluding hydrogens is 643 g/mol. The Morgan fingerprint density at radius 3 is 1.89 bits per heavy atom. The number of aryl methyl sites for hydroxylation is 2. The first-order chi connectivity index (χ1) is 21.3. The summed E-state index contributed by atoms with van der Waals surface area (Å²) in [6, 6.07) is 6.53. The SMILES string of the molecule is Cc1ccc(S(=O)(=O)C23CCN(C(=O)C45CCC(C(=O)O)(CC4)CC5)C2CCc2cc(C(F)(C(F)(F)F)C(F)(F)F)ccc23)cc1. The average molecular weight is 676 g/mol. The van der Waals surface area contributed by atoms with E-state index in [0.717, 1.165) is 11.6 Å². The predicted octanol–water partition coefficient (Wildman–Crippen LogP) is 6.93. The molecule has 4 fully saturated rings. The van der Waals surface area contributed by atoms with Gasteiger partial charge in [0, 0.05) is 17.5 Å². The van der Waals surface area contributed by atoms with Crippen molar-refractivity contribution >= 4 is 21.7 Å². The normalized spacial score (nSPS) is 29.7. The van der Waals surface area contributed by atoms with Crippen molar-refractivity contribution in [1.29, 1.82) is 0 Å². The summed E-state index contributed by atoms with van der Waals surface area (Å²) in [4.78, 5) is 27.7. The van der Waals surface area contributed by atoms with Crippen molar-refractivity contribution in [3.63, 3.8) is 0 Å². The third-order valence-corrected chi connectivity index (χ3v) is 13.8. The molecule has 1 saturated heterocycles. The van der Waals surface area contributed by atoms with Crippen LogP contribution in [0.5, 0.6) is 0 Å². The van der Waals surface area contributed by atoms with Gasteiger partial charge in [-0.2, -0.15) is 26.3 Å². The van der Waals surface area contributed by atoms with E-state index in [-0.39, 0.29) is 47.7 Å². The van der Waals surface area contributed by atoms with Crippen LogP contribution in [-0.2, 0) is 36.3 Å². The zero-order valence-corrected chi connectivity index (χ0v) is 25.6. The van der Waals surface area contributed by atoms with Gasteiger partial charge in [-0.25, -0.2) is 12.8 Å². The molecule has 46 heavy (non-hydrogen) atoms. The van der Waals surface area contributed by atoms with E-state index in [1.54, 1.807) is 19.1 Å². The van der Waals surface area contributed by atoms with Gasteiger partial charge in [0.25, 0.3) is 0 Å². The molecule has 1 N–H and O–H groups in total. The molecule has 5 aliphatic rings. The number of rotatable bonds is 5. The summed E-state index contributed by atoms with van der Waals surface area (Å²) in [6.45, 7) is 1.70. The number of nitrogens with zero attached hydrogens (tertiary/aromatic N) is 1. The highest BCUT2D eigenvalue weighted by Crippen LogP contribution is 2.61. The number of carbonyl (C=O) groups is 2. The lowest BCUT2D eigenvalue weighted by Gasteiger charge is -2.52. The monoisotopic (exact) mass is 675 g/mol. The predicted molar refractivity (Wildman–Crippen MR) is 150 cm³/mol. The molecule has 7 rings (SSSR count). The fourth-order valence-corrected chi connectivity index (χ4v) is 10.9. The summed E-state index contributed by atoms with van der Waals surface area (Å²) in [5.41, 5.74) is -8.63. The van der Waals surface area contributed by atoms with Crippen LogP contribution in [0.4, 0.5) is 30.7 Å². The molecule has 2 unspecified atom stereocenters. The molecule has 2 bridgehead atoms. The quantitative estimate of drug-likeness (QED) is 0.348. The molecule has 2 aromatic rings. The first-order valence-corrected chi connectivity index (χ1v) is 16.6. The Morgan fingerprint density at radius 1 is 0.826 bits per heavy atom. The van der Waals surface area contributed by atoms with E-state index in [2.05, 4.69) is 0 Å². The highest BCUT2D eigenvalue weighted by Gasteiger charge is 2.74. The number of carboxylic acid groups (broad SMARTS) is 1. The lowest BCUT2D eigenvalue weighted by Crippen LogP contribution is -2.57. The maximum atomic E-state index is 15.1. The smallest absolute Gasteiger partial charge is 0.435 e. The van der Waals surface area contributed by atoms with Gasteiger partial charge in [-0.3, -0.25) is 9.59 Å². The van der Waals surface area contributed by atoms with Crippen molar-refractivity contribution in [1.82, 2.24) is 4.90 Å². The van der Waals surface area contributed by atoms with Gasteiger partial charge in [-0.15, -0.1) is 0 Å². The molecule has 4 aliphatic carbocycles. The Kier molecular flexibility index (Phi) is 7.24.